The normalized spacial score (nSPS) is 17.1. The molecule has 0 N–H and O–H groups in total. The van der Waals surface area contributed by atoms with Gasteiger partial charge in [0.15, 0.2) is 6.23 Å². The zero-order valence-corrected chi connectivity index (χ0v) is 15.8. The quantitative estimate of drug-likeness (QED) is 0.566. The van der Waals surface area contributed by atoms with Gasteiger partial charge in [-0.1, -0.05) is 11.8 Å². The highest BCUT2D eigenvalue weighted by Gasteiger charge is 2.19. The molecule has 1 fully saturated rings. The molecule has 1 saturated heterocycles. The van der Waals surface area contributed by atoms with Crippen LogP contribution >= 0.6 is 15.9 Å². The van der Waals surface area contributed by atoms with Crippen LogP contribution in [0.1, 0.15) is 50.8 Å². The molecule has 1 aromatic carbocycles. The lowest BCUT2D eigenvalue weighted by Crippen LogP contribution is -2.18. The predicted molar refractivity (Wildman–Crippen MR) is 99.0 cm³/mol. The van der Waals surface area contributed by atoms with Crippen LogP contribution < -0.4 is 0 Å². The summed E-state index contributed by atoms with van der Waals surface area (Å²) in [5, 5.41) is 5.53. The summed E-state index contributed by atoms with van der Waals surface area (Å²) in [4.78, 5) is 11.3. The third-order valence-electron chi connectivity index (χ3n) is 4.13. The van der Waals surface area contributed by atoms with Crippen molar-refractivity contribution in [2.75, 3.05) is 13.2 Å². The van der Waals surface area contributed by atoms with Crippen molar-refractivity contribution in [3.63, 3.8) is 0 Å². The first-order chi connectivity index (χ1) is 12.2. The third-order valence-corrected chi connectivity index (χ3v) is 4.98. The first-order valence-corrected chi connectivity index (χ1v) is 9.42. The monoisotopic (exact) mass is 404 g/mol. The Morgan fingerprint density at radius 2 is 2.36 bits per heavy atom. The number of hydrogen-bond acceptors (Lipinski definition) is 4. The van der Waals surface area contributed by atoms with Crippen LogP contribution in [0.25, 0.3) is 10.9 Å². The highest BCUT2D eigenvalue weighted by Crippen LogP contribution is 2.31. The average Bonchev–Trinajstić information content (AvgIpc) is 3.06. The lowest BCUT2D eigenvalue weighted by atomic mass is 10.1. The van der Waals surface area contributed by atoms with E-state index in [9.17, 15) is 4.79 Å². The summed E-state index contributed by atoms with van der Waals surface area (Å²) < 4.78 is 13.6. The molecule has 1 atom stereocenters. The SMILES string of the molecule is CCOC(=O)CCC#Cc1ccc2c(cnn2C2CCCCO2)c1Br. The van der Waals surface area contributed by atoms with E-state index in [1.54, 1.807) is 6.92 Å². The van der Waals surface area contributed by atoms with E-state index < -0.39 is 0 Å². The molecule has 0 amide bonds. The number of carbonyl (C=O) groups excluding carboxylic acids is 1. The van der Waals surface area contributed by atoms with Gasteiger partial charge in [0, 0.05) is 28.5 Å². The second-order valence-corrected chi connectivity index (χ2v) is 6.67. The topological polar surface area (TPSA) is 53.3 Å². The molecular formula is C19H21BrN2O3. The molecular weight excluding hydrogens is 384 g/mol. The standard InChI is InChI=1S/C19H21BrN2O3/c1-2-24-18(23)9-4-3-7-14-10-11-16-15(19(14)20)13-21-22(16)17-8-5-6-12-25-17/h10-11,13,17H,2,4-6,8-9,12H2,1H3. The Labute approximate surface area is 155 Å². The third kappa shape index (κ3) is 4.23. The van der Waals surface area contributed by atoms with Crippen molar-refractivity contribution in [3.8, 4) is 11.8 Å². The van der Waals surface area contributed by atoms with Crippen molar-refractivity contribution in [1.29, 1.82) is 0 Å². The minimum Gasteiger partial charge on any atom is -0.466 e. The van der Waals surface area contributed by atoms with Gasteiger partial charge in [-0.05, 0) is 54.2 Å². The fraction of sp³-hybridized carbons (Fsp3) is 0.474. The molecule has 0 aliphatic carbocycles. The molecule has 3 rings (SSSR count). The van der Waals surface area contributed by atoms with Gasteiger partial charge >= 0.3 is 5.97 Å². The van der Waals surface area contributed by atoms with Gasteiger partial charge in [0.05, 0.1) is 24.7 Å². The van der Waals surface area contributed by atoms with E-state index in [-0.39, 0.29) is 12.2 Å². The number of halogens is 1. The second kappa shape index (κ2) is 8.50. The van der Waals surface area contributed by atoms with Crippen LogP contribution in [-0.4, -0.2) is 29.0 Å². The molecule has 1 aromatic heterocycles. The maximum absolute atomic E-state index is 11.3. The van der Waals surface area contributed by atoms with E-state index in [2.05, 4.69) is 32.9 Å². The minimum absolute atomic E-state index is 0.0136. The lowest BCUT2D eigenvalue weighted by Gasteiger charge is -2.23. The van der Waals surface area contributed by atoms with E-state index in [0.717, 1.165) is 46.8 Å². The van der Waals surface area contributed by atoms with Gasteiger partial charge in [-0.3, -0.25) is 4.79 Å². The summed E-state index contributed by atoms with van der Waals surface area (Å²) in [5.74, 6) is 5.94. The molecule has 25 heavy (non-hydrogen) atoms. The van der Waals surface area contributed by atoms with E-state index >= 15 is 0 Å². The Morgan fingerprint density at radius 1 is 1.48 bits per heavy atom. The lowest BCUT2D eigenvalue weighted by molar-refractivity contribution is -0.142. The predicted octanol–water partition coefficient (Wildman–Crippen LogP) is 4.19. The first-order valence-electron chi connectivity index (χ1n) is 8.62. The van der Waals surface area contributed by atoms with Gasteiger partial charge in [-0.2, -0.15) is 5.10 Å². The van der Waals surface area contributed by atoms with Crippen molar-refractivity contribution in [1.82, 2.24) is 9.78 Å². The number of esters is 1. The van der Waals surface area contributed by atoms with Gasteiger partial charge in [0.1, 0.15) is 0 Å². The molecule has 6 heteroatoms. The maximum Gasteiger partial charge on any atom is 0.306 e. The summed E-state index contributed by atoms with van der Waals surface area (Å²) in [6.07, 6.45) is 5.93. The van der Waals surface area contributed by atoms with Crippen molar-refractivity contribution >= 4 is 32.8 Å². The zero-order chi connectivity index (χ0) is 17.6. The second-order valence-electron chi connectivity index (χ2n) is 5.88. The number of hydrogen-bond donors (Lipinski definition) is 0. The van der Waals surface area contributed by atoms with Crippen LogP contribution in [0, 0.1) is 11.8 Å². The molecule has 0 bridgehead atoms. The summed E-state index contributed by atoms with van der Waals surface area (Å²) >= 11 is 3.64. The number of benzene rings is 1. The molecule has 0 saturated carbocycles. The maximum atomic E-state index is 11.3. The number of fused-ring (bicyclic) bond motifs is 1. The van der Waals surface area contributed by atoms with Crippen molar-refractivity contribution < 1.29 is 14.3 Å². The van der Waals surface area contributed by atoms with Crippen LogP contribution in [0.2, 0.25) is 0 Å². The Balaban J connectivity index is 1.76. The number of aromatic nitrogens is 2. The smallest absolute Gasteiger partial charge is 0.306 e. The molecule has 0 radical (unpaired) electrons. The molecule has 1 aliphatic rings. The fourth-order valence-corrected chi connectivity index (χ4v) is 3.42. The first kappa shape index (κ1) is 18.0. The van der Waals surface area contributed by atoms with E-state index in [4.69, 9.17) is 9.47 Å². The molecule has 5 nitrogen and oxygen atoms in total. The minimum atomic E-state index is -0.208. The highest BCUT2D eigenvalue weighted by atomic mass is 79.9. The summed E-state index contributed by atoms with van der Waals surface area (Å²) in [6, 6.07) is 4.01. The zero-order valence-electron chi connectivity index (χ0n) is 14.3. The average molecular weight is 405 g/mol. The molecule has 2 aromatic rings. The summed E-state index contributed by atoms with van der Waals surface area (Å²) in [5.41, 5.74) is 1.93. The summed E-state index contributed by atoms with van der Waals surface area (Å²) in [7, 11) is 0. The summed E-state index contributed by atoms with van der Waals surface area (Å²) in [6.45, 7) is 2.99. The Hall–Kier alpha value is -1.84. The van der Waals surface area contributed by atoms with Gasteiger partial charge in [0.25, 0.3) is 0 Å². The van der Waals surface area contributed by atoms with Gasteiger partial charge in [-0.25, -0.2) is 4.68 Å². The van der Waals surface area contributed by atoms with Crippen molar-refractivity contribution in [2.45, 2.75) is 45.3 Å². The van der Waals surface area contributed by atoms with Crippen LogP contribution in [0.5, 0.6) is 0 Å². The largest absolute Gasteiger partial charge is 0.466 e. The van der Waals surface area contributed by atoms with Gasteiger partial charge < -0.3 is 9.47 Å². The highest BCUT2D eigenvalue weighted by molar-refractivity contribution is 9.10. The number of nitrogens with zero attached hydrogens (tertiary/aromatic N) is 2. The molecule has 1 unspecified atom stereocenters. The van der Waals surface area contributed by atoms with Crippen LogP contribution in [0.3, 0.4) is 0 Å². The molecule has 0 spiro atoms. The molecule has 2 heterocycles. The van der Waals surface area contributed by atoms with Crippen LogP contribution in [0.15, 0.2) is 22.8 Å². The van der Waals surface area contributed by atoms with Crippen LogP contribution in [-0.2, 0) is 14.3 Å². The number of carbonyl (C=O) groups is 1. The molecule has 132 valence electrons. The number of rotatable bonds is 4. The number of ether oxygens (including phenoxy) is 2. The van der Waals surface area contributed by atoms with Crippen molar-refractivity contribution in [3.05, 3.63) is 28.4 Å². The Kier molecular flexibility index (Phi) is 6.11. The fourth-order valence-electron chi connectivity index (χ4n) is 2.89. The molecule has 1 aliphatic heterocycles. The van der Waals surface area contributed by atoms with E-state index in [1.165, 1.54) is 0 Å². The van der Waals surface area contributed by atoms with Gasteiger partial charge in [0.2, 0.25) is 0 Å². The van der Waals surface area contributed by atoms with Crippen LogP contribution in [0.4, 0.5) is 0 Å². The van der Waals surface area contributed by atoms with Crippen molar-refractivity contribution in [2.24, 2.45) is 0 Å². The Bertz CT molecular complexity index is 813. The van der Waals surface area contributed by atoms with E-state index in [1.807, 2.05) is 23.0 Å². The van der Waals surface area contributed by atoms with E-state index in [0.29, 0.717) is 19.4 Å². The van der Waals surface area contributed by atoms with Gasteiger partial charge in [-0.15, -0.1) is 0 Å². The Morgan fingerprint density at radius 3 is 3.12 bits per heavy atom.